The van der Waals surface area contributed by atoms with Gasteiger partial charge in [-0.05, 0) is 44.5 Å². The summed E-state index contributed by atoms with van der Waals surface area (Å²) >= 11 is 0. The summed E-state index contributed by atoms with van der Waals surface area (Å²) in [6.45, 7) is 1.06. The number of benzene rings is 1. The highest BCUT2D eigenvalue weighted by atomic mass is 15.0. The van der Waals surface area contributed by atoms with Gasteiger partial charge in [-0.2, -0.15) is 0 Å². The summed E-state index contributed by atoms with van der Waals surface area (Å²) in [6, 6.07) is 8.71. The van der Waals surface area contributed by atoms with Crippen molar-refractivity contribution in [3.05, 3.63) is 59.2 Å². The van der Waals surface area contributed by atoms with Crippen LogP contribution in [0.5, 0.6) is 0 Å². The fourth-order valence-electron chi connectivity index (χ4n) is 2.81. The minimum atomic E-state index is 1.04. The first-order chi connectivity index (χ1) is 9.75. The lowest BCUT2D eigenvalue weighted by Gasteiger charge is -2.11. The van der Waals surface area contributed by atoms with E-state index in [1.807, 2.05) is 6.33 Å². The van der Waals surface area contributed by atoms with E-state index in [4.69, 9.17) is 0 Å². The van der Waals surface area contributed by atoms with Crippen LogP contribution in [0.1, 0.15) is 28.9 Å². The molecule has 3 rings (SSSR count). The highest BCUT2D eigenvalue weighted by Crippen LogP contribution is 2.31. The summed E-state index contributed by atoms with van der Waals surface area (Å²) in [5.41, 5.74) is 6.45. The van der Waals surface area contributed by atoms with Gasteiger partial charge in [0.25, 0.3) is 0 Å². The number of hydrogen-bond acceptors (Lipinski definition) is 2. The largest absolute Gasteiger partial charge is 0.348 e. The fourth-order valence-corrected chi connectivity index (χ4v) is 2.81. The Bertz CT molecular complexity index is 623. The molecule has 0 spiro atoms. The molecule has 0 fully saturated rings. The molecule has 0 amide bonds. The minimum absolute atomic E-state index is 1.04. The van der Waals surface area contributed by atoms with E-state index in [1.165, 1.54) is 22.4 Å². The van der Waals surface area contributed by atoms with Crippen molar-refractivity contribution >= 4 is 5.57 Å². The molecule has 0 radical (unpaired) electrons. The fraction of sp³-hybridized carbons (Fsp3) is 0.353. The molecule has 1 heterocycles. The van der Waals surface area contributed by atoms with Crippen molar-refractivity contribution in [2.24, 2.45) is 0 Å². The predicted molar refractivity (Wildman–Crippen MR) is 82.7 cm³/mol. The Labute approximate surface area is 120 Å². The van der Waals surface area contributed by atoms with Gasteiger partial charge in [-0.1, -0.05) is 30.3 Å². The van der Waals surface area contributed by atoms with Crippen LogP contribution in [0.25, 0.3) is 5.57 Å². The van der Waals surface area contributed by atoms with Crippen LogP contribution in [-0.4, -0.2) is 35.5 Å². The topological polar surface area (TPSA) is 31.9 Å². The SMILES string of the molecule is CN(C)CC/C=C1\c2ccccc2CCc2[nH]cnc21. The molecule has 0 saturated heterocycles. The molecule has 3 nitrogen and oxygen atoms in total. The Kier molecular flexibility index (Phi) is 3.70. The highest BCUT2D eigenvalue weighted by Gasteiger charge is 2.19. The van der Waals surface area contributed by atoms with Crippen LogP contribution >= 0.6 is 0 Å². The second kappa shape index (κ2) is 5.63. The van der Waals surface area contributed by atoms with Crippen molar-refractivity contribution in [1.82, 2.24) is 14.9 Å². The summed E-state index contributed by atoms with van der Waals surface area (Å²) in [6.07, 6.45) is 7.32. The Morgan fingerprint density at radius 3 is 2.95 bits per heavy atom. The van der Waals surface area contributed by atoms with Crippen LogP contribution < -0.4 is 0 Å². The van der Waals surface area contributed by atoms with Gasteiger partial charge in [-0.3, -0.25) is 0 Å². The van der Waals surface area contributed by atoms with E-state index in [0.29, 0.717) is 0 Å². The average molecular weight is 267 g/mol. The van der Waals surface area contributed by atoms with Crippen molar-refractivity contribution in [3.8, 4) is 0 Å². The maximum absolute atomic E-state index is 4.56. The smallest absolute Gasteiger partial charge is 0.0929 e. The van der Waals surface area contributed by atoms with E-state index in [9.17, 15) is 0 Å². The number of aryl methyl sites for hydroxylation is 2. The number of nitrogens with one attached hydrogen (secondary N) is 1. The maximum atomic E-state index is 4.56. The first kappa shape index (κ1) is 13.1. The first-order valence-electron chi connectivity index (χ1n) is 7.21. The zero-order chi connectivity index (χ0) is 13.9. The molecule has 1 aliphatic carbocycles. The second-order valence-electron chi connectivity index (χ2n) is 5.60. The summed E-state index contributed by atoms with van der Waals surface area (Å²) in [5.74, 6) is 0. The maximum Gasteiger partial charge on any atom is 0.0929 e. The molecule has 104 valence electrons. The lowest BCUT2D eigenvalue weighted by Crippen LogP contribution is -2.12. The molecule has 1 aliphatic rings. The van der Waals surface area contributed by atoms with Gasteiger partial charge < -0.3 is 9.88 Å². The van der Waals surface area contributed by atoms with Crippen molar-refractivity contribution in [3.63, 3.8) is 0 Å². The summed E-state index contributed by atoms with van der Waals surface area (Å²) < 4.78 is 0. The van der Waals surface area contributed by atoms with Crippen molar-refractivity contribution in [1.29, 1.82) is 0 Å². The lowest BCUT2D eigenvalue weighted by molar-refractivity contribution is 0.417. The van der Waals surface area contributed by atoms with Gasteiger partial charge >= 0.3 is 0 Å². The van der Waals surface area contributed by atoms with E-state index in [0.717, 1.165) is 31.5 Å². The van der Waals surface area contributed by atoms with E-state index >= 15 is 0 Å². The number of aromatic nitrogens is 2. The van der Waals surface area contributed by atoms with E-state index < -0.39 is 0 Å². The molecular weight excluding hydrogens is 246 g/mol. The minimum Gasteiger partial charge on any atom is -0.348 e. The third-order valence-electron chi connectivity index (χ3n) is 3.85. The van der Waals surface area contributed by atoms with Crippen LogP contribution in [0.2, 0.25) is 0 Å². The zero-order valence-electron chi connectivity index (χ0n) is 12.2. The molecule has 0 aliphatic heterocycles. The molecule has 1 aromatic heterocycles. The third-order valence-corrected chi connectivity index (χ3v) is 3.85. The van der Waals surface area contributed by atoms with Gasteiger partial charge in [-0.15, -0.1) is 0 Å². The van der Waals surface area contributed by atoms with Gasteiger partial charge in [0.15, 0.2) is 0 Å². The number of hydrogen-bond donors (Lipinski definition) is 1. The number of fused-ring (bicyclic) bond motifs is 2. The van der Waals surface area contributed by atoms with E-state index in [2.05, 4.69) is 59.3 Å². The second-order valence-corrected chi connectivity index (χ2v) is 5.60. The monoisotopic (exact) mass is 267 g/mol. The van der Waals surface area contributed by atoms with Crippen molar-refractivity contribution in [2.75, 3.05) is 20.6 Å². The molecular formula is C17H21N3. The van der Waals surface area contributed by atoms with Crippen molar-refractivity contribution in [2.45, 2.75) is 19.3 Å². The zero-order valence-corrected chi connectivity index (χ0v) is 12.2. The lowest BCUT2D eigenvalue weighted by atomic mass is 9.97. The number of imidazole rings is 1. The van der Waals surface area contributed by atoms with Crippen LogP contribution in [0.3, 0.4) is 0 Å². The molecule has 0 saturated carbocycles. The summed E-state index contributed by atoms with van der Waals surface area (Å²) in [7, 11) is 4.22. The van der Waals surface area contributed by atoms with Crippen LogP contribution in [0.15, 0.2) is 36.7 Å². The summed E-state index contributed by atoms with van der Waals surface area (Å²) in [4.78, 5) is 10.1. The Morgan fingerprint density at radius 2 is 2.10 bits per heavy atom. The van der Waals surface area contributed by atoms with Gasteiger partial charge in [-0.25, -0.2) is 4.98 Å². The highest BCUT2D eigenvalue weighted by molar-refractivity contribution is 5.81. The Balaban J connectivity index is 2.03. The van der Waals surface area contributed by atoms with E-state index in [-0.39, 0.29) is 0 Å². The molecule has 1 aromatic carbocycles. The average Bonchev–Trinajstić information content (AvgIpc) is 2.84. The summed E-state index contributed by atoms with van der Waals surface area (Å²) in [5, 5.41) is 0. The number of rotatable bonds is 3. The van der Waals surface area contributed by atoms with Crippen LogP contribution in [-0.2, 0) is 12.8 Å². The van der Waals surface area contributed by atoms with Gasteiger partial charge in [0.2, 0.25) is 0 Å². The number of nitrogens with zero attached hydrogens (tertiary/aromatic N) is 2. The normalized spacial score (nSPS) is 16.1. The van der Waals surface area contributed by atoms with Crippen LogP contribution in [0.4, 0.5) is 0 Å². The number of aromatic amines is 1. The van der Waals surface area contributed by atoms with Crippen LogP contribution in [0, 0.1) is 0 Å². The Hall–Kier alpha value is -1.87. The third kappa shape index (κ3) is 2.54. The van der Waals surface area contributed by atoms with Gasteiger partial charge in [0, 0.05) is 17.8 Å². The first-order valence-corrected chi connectivity index (χ1v) is 7.21. The molecule has 2 aromatic rings. The predicted octanol–water partition coefficient (Wildman–Crippen LogP) is 2.89. The Morgan fingerprint density at radius 1 is 1.25 bits per heavy atom. The quantitative estimate of drug-likeness (QED) is 0.927. The molecule has 0 bridgehead atoms. The molecule has 20 heavy (non-hydrogen) atoms. The van der Waals surface area contributed by atoms with E-state index in [1.54, 1.807) is 0 Å². The molecule has 1 N–H and O–H groups in total. The molecule has 3 heteroatoms. The molecule has 0 unspecified atom stereocenters. The standard InChI is InChI=1S/C17H21N3/c1-20(2)11-5-8-15-14-7-4-3-6-13(14)9-10-16-17(15)19-12-18-16/h3-4,6-8,12H,5,9-11H2,1-2H3,(H,18,19)/b15-8+. The number of H-pyrrole nitrogens is 1. The van der Waals surface area contributed by atoms with Crippen molar-refractivity contribution < 1.29 is 0 Å². The van der Waals surface area contributed by atoms with Gasteiger partial charge in [0.05, 0.1) is 12.0 Å². The van der Waals surface area contributed by atoms with Gasteiger partial charge in [0.1, 0.15) is 0 Å². The molecule has 0 atom stereocenters.